The van der Waals surface area contributed by atoms with Crippen LogP contribution in [-0.4, -0.2) is 94.3 Å². The van der Waals surface area contributed by atoms with Crippen LogP contribution in [0.5, 0.6) is 0 Å². The lowest BCUT2D eigenvalue weighted by molar-refractivity contribution is -0.0178. The summed E-state index contributed by atoms with van der Waals surface area (Å²) in [6.07, 6.45) is 2.22. The largest absolute Gasteiger partial charge is 0.379 e. The van der Waals surface area contributed by atoms with E-state index in [9.17, 15) is 8.42 Å². The van der Waals surface area contributed by atoms with Crippen LogP contribution in [0.4, 0.5) is 0 Å². The Bertz CT molecular complexity index is 626. The van der Waals surface area contributed by atoms with Crippen molar-refractivity contribution in [3.8, 4) is 0 Å². The van der Waals surface area contributed by atoms with Crippen molar-refractivity contribution < 1.29 is 41.0 Å². The molecule has 1 rings (SSSR count). The summed E-state index contributed by atoms with van der Waals surface area (Å²) in [4.78, 5) is 0.130. The fraction of sp³-hybridized carbons (Fsp3) is 0.727. The third kappa shape index (κ3) is 16.5. The monoisotopic (exact) mass is 478 g/mol. The van der Waals surface area contributed by atoms with Crippen molar-refractivity contribution >= 4 is 10.1 Å². The lowest BCUT2D eigenvalue weighted by Gasteiger charge is -2.08. The molecule has 0 aliphatic rings. The van der Waals surface area contributed by atoms with Gasteiger partial charge in [0.05, 0.1) is 84.2 Å². The molecule has 0 saturated carbocycles. The molecule has 0 aromatic heterocycles. The van der Waals surface area contributed by atoms with Crippen LogP contribution in [0.3, 0.4) is 0 Å². The zero-order valence-electron chi connectivity index (χ0n) is 19.1. The fourth-order valence-electron chi connectivity index (χ4n) is 2.31. The second-order valence-corrected chi connectivity index (χ2v) is 8.23. The van der Waals surface area contributed by atoms with Gasteiger partial charge in [0.15, 0.2) is 0 Å². The van der Waals surface area contributed by atoms with E-state index >= 15 is 0 Å². The van der Waals surface area contributed by atoms with Crippen molar-refractivity contribution in [1.82, 2.24) is 0 Å². The van der Waals surface area contributed by atoms with Crippen molar-refractivity contribution in [3.63, 3.8) is 0 Å². The molecular weight excluding hydrogens is 440 g/mol. The van der Waals surface area contributed by atoms with Gasteiger partial charge in [-0.2, -0.15) is 8.42 Å². The Morgan fingerprint density at radius 3 is 1.34 bits per heavy atom. The van der Waals surface area contributed by atoms with Gasteiger partial charge in [-0.15, -0.1) is 0 Å². The second-order valence-electron chi connectivity index (χ2n) is 6.62. The minimum absolute atomic E-state index is 0.0435. The molecule has 32 heavy (non-hydrogen) atoms. The third-order valence-corrected chi connectivity index (χ3v) is 5.33. The number of rotatable bonds is 23. The maximum Gasteiger partial charge on any atom is 0.297 e. The molecule has 0 fully saturated rings. The van der Waals surface area contributed by atoms with E-state index in [-0.39, 0.29) is 18.1 Å². The van der Waals surface area contributed by atoms with Gasteiger partial charge < -0.3 is 28.4 Å². The number of benzene rings is 1. The molecular formula is C22H38O9S. The summed E-state index contributed by atoms with van der Waals surface area (Å²) in [5, 5.41) is 0. The summed E-state index contributed by atoms with van der Waals surface area (Å²) in [6.45, 7) is 7.99. The van der Waals surface area contributed by atoms with Gasteiger partial charge >= 0.3 is 0 Å². The average molecular weight is 479 g/mol. The topological polar surface area (TPSA) is 98.8 Å². The highest BCUT2D eigenvalue weighted by atomic mass is 32.2. The Balaban J connectivity index is 1.76. The first-order valence-electron chi connectivity index (χ1n) is 11.1. The predicted octanol–water partition coefficient (Wildman–Crippen LogP) is 2.29. The Hall–Kier alpha value is -1.11. The molecule has 9 nitrogen and oxygen atoms in total. The summed E-state index contributed by atoms with van der Waals surface area (Å²) in [6, 6.07) is 8.00. The van der Waals surface area contributed by atoms with Gasteiger partial charge in [-0.05, 0) is 18.6 Å². The molecule has 0 spiro atoms. The molecule has 0 atom stereocenters. The SMILES string of the molecule is CCCCOCCOCCOCCOCCOCCOCCOS(=O)(=O)c1ccccc1. The standard InChI is InChI=1S/C22H38O9S/c1-2-3-9-25-10-11-26-12-13-27-14-15-28-16-17-29-18-19-30-20-21-31-32(23,24)22-7-5-4-6-8-22/h4-8H,2-3,9-21H2,1H3. The Kier molecular flexibility index (Phi) is 18.5. The molecule has 0 unspecified atom stereocenters. The number of hydrogen-bond donors (Lipinski definition) is 0. The van der Waals surface area contributed by atoms with E-state index in [0.717, 1.165) is 19.4 Å². The molecule has 186 valence electrons. The van der Waals surface area contributed by atoms with E-state index < -0.39 is 10.1 Å². The van der Waals surface area contributed by atoms with E-state index in [1.54, 1.807) is 18.2 Å². The minimum atomic E-state index is -3.74. The summed E-state index contributed by atoms with van der Waals surface area (Å²) < 4.78 is 61.0. The highest BCUT2D eigenvalue weighted by Crippen LogP contribution is 2.10. The molecule has 0 heterocycles. The van der Waals surface area contributed by atoms with Crippen LogP contribution in [0.2, 0.25) is 0 Å². The first-order chi connectivity index (χ1) is 15.7. The molecule has 1 aromatic carbocycles. The first kappa shape index (κ1) is 28.9. The van der Waals surface area contributed by atoms with Gasteiger partial charge in [-0.3, -0.25) is 4.18 Å². The zero-order chi connectivity index (χ0) is 23.2. The Morgan fingerprint density at radius 2 is 0.938 bits per heavy atom. The highest BCUT2D eigenvalue weighted by Gasteiger charge is 2.13. The smallest absolute Gasteiger partial charge is 0.297 e. The molecule has 0 amide bonds. The summed E-state index contributed by atoms with van der Waals surface area (Å²) in [7, 11) is -3.74. The molecule has 0 bridgehead atoms. The first-order valence-corrected chi connectivity index (χ1v) is 12.5. The van der Waals surface area contributed by atoms with E-state index in [4.69, 9.17) is 32.6 Å². The van der Waals surface area contributed by atoms with Gasteiger partial charge in [-0.25, -0.2) is 0 Å². The normalized spacial score (nSPS) is 11.8. The summed E-state index contributed by atoms with van der Waals surface area (Å²) in [5.41, 5.74) is 0. The molecule has 0 saturated heterocycles. The fourth-order valence-corrected chi connectivity index (χ4v) is 3.22. The summed E-state index contributed by atoms with van der Waals surface area (Å²) >= 11 is 0. The van der Waals surface area contributed by atoms with Crippen LogP contribution >= 0.6 is 0 Å². The van der Waals surface area contributed by atoms with Gasteiger partial charge in [0.25, 0.3) is 10.1 Å². The number of unbranched alkanes of at least 4 members (excludes halogenated alkanes) is 1. The Morgan fingerprint density at radius 1 is 0.562 bits per heavy atom. The van der Waals surface area contributed by atoms with Crippen molar-refractivity contribution in [2.75, 3.05) is 85.9 Å². The van der Waals surface area contributed by atoms with Gasteiger partial charge in [0.2, 0.25) is 0 Å². The van der Waals surface area contributed by atoms with Crippen LogP contribution in [0, 0.1) is 0 Å². The number of hydrogen-bond acceptors (Lipinski definition) is 9. The van der Waals surface area contributed by atoms with E-state index in [0.29, 0.717) is 66.1 Å². The van der Waals surface area contributed by atoms with Crippen LogP contribution in [0.15, 0.2) is 35.2 Å². The number of ether oxygens (including phenoxy) is 6. The zero-order valence-corrected chi connectivity index (χ0v) is 19.9. The van der Waals surface area contributed by atoms with Gasteiger partial charge in [0.1, 0.15) is 0 Å². The Labute approximate surface area is 192 Å². The highest BCUT2D eigenvalue weighted by molar-refractivity contribution is 7.86. The van der Waals surface area contributed by atoms with E-state index in [1.807, 2.05) is 0 Å². The van der Waals surface area contributed by atoms with Crippen molar-refractivity contribution in [1.29, 1.82) is 0 Å². The maximum atomic E-state index is 11.9. The average Bonchev–Trinajstić information content (AvgIpc) is 2.80. The maximum absolute atomic E-state index is 11.9. The molecule has 0 aliphatic carbocycles. The lowest BCUT2D eigenvalue weighted by atomic mass is 10.4. The van der Waals surface area contributed by atoms with Crippen LogP contribution < -0.4 is 0 Å². The molecule has 1 aromatic rings. The predicted molar refractivity (Wildman–Crippen MR) is 119 cm³/mol. The van der Waals surface area contributed by atoms with Crippen molar-refractivity contribution in [2.45, 2.75) is 24.7 Å². The third-order valence-electron chi connectivity index (χ3n) is 4.00. The van der Waals surface area contributed by atoms with Crippen LogP contribution in [0.25, 0.3) is 0 Å². The lowest BCUT2D eigenvalue weighted by Crippen LogP contribution is -2.15. The van der Waals surface area contributed by atoms with E-state index in [2.05, 4.69) is 6.92 Å². The van der Waals surface area contributed by atoms with Crippen LogP contribution in [-0.2, 0) is 42.7 Å². The van der Waals surface area contributed by atoms with Crippen molar-refractivity contribution in [2.24, 2.45) is 0 Å². The summed E-state index contributed by atoms with van der Waals surface area (Å²) in [5.74, 6) is 0. The quantitative estimate of drug-likeness (QED) is 0.173. The van der Waals surface area contributed by atoms with Gasteiger partial charge in [-0.1, -0.05) is 31.5 Å². The van der Waals surface area contributed by atoms with E-state index in [1.165, 1.54) is 12.1 Å². The molecule has 0 radical (unpaired) electrons. The van der Waals surface area contributed by atoms with Crippen LogP contribution in [0.1, 0.15) is 19.8 Å². The minimum Gasteiger partial charge on any atom is -0.379 e. The molecule has 0 aliphatic heterocycles. The van der Waals surface area contributed by atoms with Crippen molar-refractivity contribution in [3.05, 3.63) is 30.3 Å². The molecule has 10 heteroatoms. The second kappa shape index (κ2) is 20.5. The molecule has 0 N–H and O–H groups in total. The van der Waals surface area contributed by atoms with Gasteiger partial charge in [0, 0.05) is 6.61 Å².